The zero-order valence-electron chi connectivity index (χ0n) is 6.35. The summed E-state index contributed by atoms with van der Waals surface area (Å²) in [6.45, 7) is 0. The van der Waals surface area contributed by atoms with E-state index in [0.717, 1.165) is 10.3 Å². The van der Waals surface area contributed by atoms with E-state index in [1.165, 1.54) is 11.3 Å². The molecular weight excluding hydrogens is 204 g/mol. The maximum atomic E-state index is 11.0. The predicted octanol–water partition coefficient (Wildman–Crippen LogP) is 2.06. The van der Waals surface area contributed by atoms with Gasteiger partial charge in [0.25, 0.3) is 0 Å². The Morgan fingerprint density at radius 3 is 2.92 bits per heavy atom. The fourth-order valence-corrected chi connectivity index (χ4v) is 2.45. The standard InChI is InChI=1S/C7H6N2OS2.CH4/c1-12(10)7-9-5-3-2-4-8-6(5)11-7;/h2-4H,1H3;1H4. The minimum absolute atomic E-state index is 0. The van der Waals surface area contributed by atoms with Gasteiger partial charge in [-0.3, -0.25) is 4.21 Å². The number of nitrogens with zero attached hydrogens (tertiary/aromatic N) is 2. The van der Waals surface area contributed by atoms with Gasteiger partial charge in [-0.1, -0.05) is 18.8 Å². The van der Waals surface area contributed by atoms with Gasteiger partial charge in [-0.25, -0.2) is 9.97 Å². The molecule has 0 aliphatic carbocycles. The average molecular weight is 214 g/mol. The molecule has 0 radical (unpaired) electrons. The van der Waals surface area contributed by atoms with E-state index in [-0.39, 0.29) is 7.43 Å². The van der Waals surface area contributed by atoms with Crippen LogP contribution in [0.15, 0.2) is 22.7 Å². The molecular formula is C8H10N2OS2. The van der Waals surface area contributed by atoms with E-state index in [2.05, 4.69) is 9.97 Å². The van der Waals surface area contributed by atoms with Crippen LogP contribution in [0.25, 0.3) is 10.3 Å². The van der Waals surface area contributed by atoms with Gasteiger partial charge in [0.1, 0.15) is 10.3 Å². The first kappa shape index (κ1) is 10.3. The molecule has 2 heterocycles. The first-order chi connectivity index (χ1) is 5.77. The monoisotopic (exact) mass is 214 g/mol. The fourth-order valence-electron chi connectivity index (χ4n) is 0.873. The predicted molar refractivity (Wildman–Crippen MR) is 56.5 cm³/mol. The van der Waals surface area contributed by atoms with Crippen molar-refractivity contribution in [3.05, 3.63) is 18.3 Å². The Labute approximate surface area is 83.3 Å². The molecule has 0 saturated carbocycles. The highest BCUT2D eigenvalue weighted by Gasteiger charge is 2.05. The van der Waals surface area contributed by atoms with Crippen molar-refractivity contribution in [3.8, 4) is 0 Å². The number of hydrogen-bond acceptors (Lipinski definition) is 4. The second kappa shape index (κ2) is 3.93. The molecule has 3 nitrogen and oxygen atoms in total. The van der Waals surface area contributed by atoms with Crippen molar-refractivity contribution < 1.29 is 4.21 Å². The second-order valence-corrected chi connectivity index (χ2v) is 4.79. The highest BCUT2D eigenvalue weighted by Crippen LogP contribution is 2.20. The highest BCUT2D eigenvalue weighted by atomic mass is 32.2. The number of fused-ring (bicyclic) bond motifs is 1. The smallest absolute Gasteiger partial charge is 0.183 e. The Bertz CT molecular complexity index is 405. The lowest BCUT2D eigenvalue weighted by atomic mass is 10.5. The third-order valence-electron chi connectivity index (χ3n) is 1.39. The van der Waals surface area contributed by atoms with Crippen LogP contribution in [-0.4, -0.2) is 20.4 Å². The first-order valence-electron chi connectivity index (χ1n) is 3.32. The van der Waals surface area contributed by atoms with Gasteiger partial charge in [-0.15, -0.1) is 0 Å². The first-order valence-corrected chi connectivity index (χ1v) is 5.70. The molecule has 1 atom stereocenters. The topological polar surface area (TPSA) is 42.9 Å². The van der Waals surface area contributed by atoms with E-state index in [1.807, 2.05) is 12.1 Å². The number of hydrogen-bond donors (Lipinski definition) is 0. The van der Waals surface area contributed by atoms with Crippen molar-refractivity contribution in [2.45, 2.75) is 11.8 Å². The van der Waals surface area contributed by atoms with Gasteiger partial charge in [0.2, 0.25) is 0 Å². The van der Waals surface area contributed by atoms with E-state index >= 15 is 0 Å². The van der Waals surface area contributed by atoms with Crippen LogP contribution in [0.1, 0.15) is 7.43 Å². The molecule has 0 spiro atoms. The molecule has 0 amide bonds. The quantitative estimate of drug-likeness (QED) is 0.729. The van der Waals surface area contributed by atoms with Crippen LogP contribution in [0.2, 0.25) is 0 Å². The Balaban J connectivity index is 0.000000845. The van der Waals surface area contributed by atoms with Crippen LogP contribution in [-0.2, 0) is 10.8 Å². The summed E-state index contributed by atoms with van der Waals surface area (Å²) in [6, 6.07) is 3.69. The second-order valence-electron chi connectivity index (χ2n) is 2.26. The van der Waals surface area contributed by atoms with Gasteiger partial charge in [-0.05, 0) is 12.1 Å². The van der Waals surface area contributed by atoms with Gasteiger partial charge in [0.05, 0.1) is 10.8 Å². The molecule has 0 aromatic carbocycles. The third-order valence-corrected chi connectivity index (χ3v) is 3.70. The molecule has 0 saturated heterocycles. The average Bonchev–Trinajstić information content (AvgIpc) is 2.46. The molecule has 0 N–H and O–H groups in total. The van der Waals surface area contributed by atoms with Crippen molar-refractivity contribution in [3.63, 3.8) is 0 Å². The Kier molecular flexibility index (Phi) is 3.11. The van der Waals surface area contributed by atoms with Gasteiger partial charge in [0.15, 0.2) is 4.34 Å². The van der Waals surface area contributed by atoms with Crippen LogP contribution >= 0.6 is 11.3 Å². The molecule has 1 unspecified atom stereocenters. The lowest BCUT2D eigenvalue weighted by Crippen LogP contribution is -1.83. The van der Waals surface area contributed by atoms with Gasteiger partial charge < -0.3 is 0 Å². The normalized spacial score (nSPS) is 12.4. The fraction of sp³-hybridized carbons (Fsp3) is 0.250. The number of thiazole rings is 1. The van der Waals surface area contributed by atoms with Crippen molar-refractivity contribution >= 4 is 32.5 Å². The van der Waals surface area contributed by atoms with Crippen LogP contribution in [0, 0.1) is 0 Å². The summed E-state index contributed by atoms with van der Waals surface area (Å²) in [5.41, 5.74) is 0.827. The molecule has 0 fully saturated rings. The van der Waals surface area contributed by atoms with Crippen molar-refractivity contribution in [2.75, 3.05) is 6.26 Å². The van der Waals surface area contributed by atoms with Gasteiger partial charge in [-0.2, -0.15) is 0 Å². The molecule has 0 aliphatic rings. The molecule has 0 aliphatic heterocycles. The van der Waals surface area contributed by atoms with Gasteiger partial charge in [0, 0.05) is 12.5 Å². The summed E-state index contributed by atoms with van der Waals surface area (Å²) in [4.78, 5) is 9.12. The van der Waals surface area contributed by atoms with Crippen molar-refractivity contribution in [1.29, 1.82) is 0 Å². The van der Waals surface area contributed by atoms with Crippen LogP contribution < -0.4 is 0 Å². The van der Waals surface area contributed by atoms with Gasteiger partial charge >= 0.3 is 0 Å². The molecule has 2 rings (SSSR count). The van der Waals surface area contributed by atoms with Crippen molar-refractivity contribution in [2.24, 2.45) is 0 Å². The highest BCUT2D eigenvalue weighted by molar-refractivity contribution is 7.86. The zero-order valence-corrected chi connectivity index (χ0v) is 7.98. The van der Waals surface area contributed by atoms with Crippen LogP contribution in [0.5, 0.6) is 0 Å². The summed E-state index contributed by atoms with van der Waals surface area (Å²) in [5.74, 6) is 0. The van der Waals surface area contributed by atoms with Crippen LogP contribution in [0.3, 0.4) is 0 Å². The minimum atomic E-state index is -0.994. The lowest BCUT2D eigenvalue weighted by molar-refractivity contribution is 0.686. The number of aromatic nitrogens is 2. The maximum Gasteiger partial charge on any atom is 0.183 e. The minimum Gasteiger partial charge on any atom is -0.252 e. The zero-order chi connectivity index (χ0) is 8.55. The molecule has 13 heavy (non-hydrogen) atoms. The molecule has 2 aromatic rings. The van der Waals surface area contributed by atoms with E-state index in [1.54, 1.807) is 12.5 Å². The summed E-state index contributed by atoms with van der Waals surface area (Å²) in [5, 5.41) is 0. The third kappa shape index (κ3) is 1.92. The lowest BCUT2D eigenvalue weighted by Gasteiger charge is -1.80. The summed E-state index contributed by atoms with van der Waals surface area (Å²) >= 11 is 1.38. The molecule has 5 heteroatoms. The molecule has 70 valence electrons. The maximum absolute atomic E-state index is 11.0. The van der Waals surface area contributed by atoms with E-state index in [0.29, 0.717) is 4.34 Å². The van der Waals surface area contributed by atoms with Crippen molar-refractivity contribution in [1.82, 2.24) is 9.97 Å². The van der Waals surface area contributed by atoms with E-state index in [4.69, 9.17) is 0 Å². The Hall–Kier alpha value is -0.810. The molecule has 2 aromatic heterocycles. The number of rotatable bonds is 1. The SMILES string of the molecule is C.CS(=O)c1nc2cccnc2s1. The van der Waals surface area contributed by atoms with Crippen LogP contribution in [0.4, 0.5) is 0 Å². The van der Waals surface area contributed by atoms with E-state index in [9.17, 15) is 4.21 Å². The summed E-state index contributed by atoms with van der Waals surface area (Å²) in [6.07, 6.45) is 3.33. The molecule has 0 bridgehead atoms. The summed E-state index contributed by atoms with van der Waals surface area (Å²) in [7, 11) is -0.994. The Morgan fingerprint density at radius 1 is 1.54 bits per heavy atom. The summed E-state index contributed by atoms with van der Waals surface area (Å²) < 4.78 is 11.7. The van der Waals surface area contributed by atoms with E-state index < -0.39 is 10.8 Å². The largest absolute Gasteiger partial charge is 0.252 e. The Morgan fingerprint density at radius 2 is 2.31 bits per heavy atom. The number of pyridine rings is 1.